The quantitative estimate of drug-likeness (QED) is 0.782. The van der Waals surface area contributed by atoms with Crippen molar-refractivity contribution in [1.29, 1.82) is 5.26 Å². The van der Waals surface area contributed by atoms with Crippen LogP contribution in [0.3, 0.4) is 0 Å². The third kappa shape index (κ3) is 3.01. The molecule has 124 valence electrons. The number of rotatable bonds is 4. The topological polar surface area (TPSA) is 88.0 Å². The first-order valence-electron chi connectivity index (χ1n) is 7.41. The molecule has 0 saturated carbocycles. The number of nitrogens with zero attached hydrogens (tertiary/aromatic N) is 2. The van der Waals surface area contributed by atoms with Gasteiger partial charge in [0.25, 0.3) is 0 Å². The average Bonchev–Trinajstić information content (AvgIpc) is 3.08. The molecule has 0 fully saturated rings. The Kier molecular flexibility index (Phi) is 3.85. The minimum Gasteiger partial charge on any atom is -0.446 e. The molecule has 1 N–H and O–H groups in total. The molecule has 0 aliphatic rings. The third-order valence-corrected chi connectivity index (χ3v) is 4.28. The van der Waals surface area contributed by atoms with Gasteiger partial charge in [0.15, 0.2) is 0 Å². The highest BCUT2D eigenvalue weighted by Gasteiger charge is 2.16. The van der Waals surface area contributed by atoms with Gasteiger partial charge in [0.1, 0.15) is 11.8 Å². The van der Waals surface area contributed by atoms with Crippen LogP contribution in [0.1, 0.15) is 25.6 Å². The number of nitriles is 1. The van der Waals surface area contributed by atoms with E-state index in [1.54, 1.807) is 24.3 Å². The maximum absolute atomic E-state index is 11.5. The van der Waals surface area contributed by atoms with Crippen molar-refractivity contribution in [1.82, 2.24) is 4.57 Å². The molecule has 0 spiro atoms. The maximum atomic E-state index is 11.5. The number of nitrogens with one attached hydrogen (secondary N) is 1. The predicted molar refractivity (Wildman–Crippen MR) is 93.2 cm³/mol. The summed E-state index contributed by atoms with van der Waals surface area (Å²) in [6.45, 7) is 4.09. The van der Waals surface area contributed by atoms with E-state index in [0.29, 0.717) is 11.4 Å². The molecule has 0 unspecified atom stereocenters. The Bertz CT molecular complexity index is 1050. The molecule has 24 heavy (non-hydrogen) atoms. The van der Waals surface area contributed by atoms with Crippen molar-refractivity contribution in [2.24, 2.45) is 0 Å². The summed E-state index contributed by atoms with van der Waals surface area (Å²) in [6, 6.07) is 10.9. The number of anilines is 1. The largest absolute Gasteiger partial charge is 0.446 e. The van der Waals surface area contributed by atoms with Crippen LogP contribution in [-0.2, 0) is 10.0 Å². The molecule has 0 aliphatic heterocycles. The second-order valence-corrected chi connectivity index (χ2v) is 7.67. The Morgan fingerprint density at radius 3 is 2.58 bits per heavy atom. The van der Waals surface area contributed by atoms with Crippen LogP contribution in [0.5, 0.6) is 0 Å². The van der Waals surface area contributed by atoms with E-state index in [4.69, 9.17) is 9.68 Å². The van der Waals surface area contributed by atoms with Crippen molar-refractivity contribution in [3.05, 3.63) is 42.3 Å². The molecule has 0 aliphatic carbocycles. The molecule has 6 nitrogen and oxygen atoms in total. The van der Waals surface area contributed by atoms with Crippen molar-refractivity contribution in [2.45, 2.75) is 19.9 Å². The second-order valence-electron chi connectivity index (χ2n) is 5.93. The molecule has 0 atom stereocenters. The highest BCUT2D eigenvalue weighted by molar-refractivity contribution is 7.92. The van der Waals surface area contributed by atoms with Crippen molar-refractivity contribution < 1.29 is 12.8 Å². The highest BCUT2D eigenvalue weighted by Crippen LogP contribution is 2.35. The number of hydrogen-bond acceptors (Lipinski definition) is 4. The van der Waals surface area contributed by atoms with Gasteiger partial charge in [-0.25, -0.2) is 8.42 Å². The van der Waals surface area contributed by atoms with Crippen LogP contribution in [0.15, 0.2) is 40.9 Å². The van der Waals surface area contributed by atoms with E-state index < -0.39 is 10.0 Å². The summed E-state index contributed by atoms with van der Waals surface area (Å²) in [7, 11) is -3.34. The normalized spacial score (nSPS) is 11.8. The Balaban J connectivity index is 2.20. The number of fused-ring (bicyclic) bond motifs is 1. The lowest BCUT2D eigenvalue weighted by Crippen LogP contribution is -2.09. The van der Waals surface area contributed by atoms with Crippen LogP contribution in [-0.4, -0.2) is 19.2 Å². The highest BCUT2D eigenvalue weighted by atomic mass is 32.2. The minimum absolute atomic E-state index is 0.181. The van der Waals surface area contributed by atoms with Gasteiger partial charge >= 0.3 is 0 Å². The molecule has 3 aromatic rings. The fourth-order valence-corrected chi connectivity index (χ4v) is 3.25. The summed E-state index contributed by atoms with van der Waals surface area (Å²) >= 11 is 0. The Morgan fingerprint density at radius 2 is 2.00 bits per heavy atom. The van der Waals surface area contributed by atoms with Gasteiger partial charge in [0.05, 0.1) is 17.5 Å². The Morgan fingerprint density at radius 1 is 1.25 bits per heavy atom. The number of aromatic nitrogens is 1. The molecule has 0 amide bonds. The molecule has 1 aromatic carbocycles. The first-order valence-corrected chi connectivity index (χ1v) is 9.30. The number of furan rings is 1. The molecule has 2 aromatic heterocycles. The summed E-state index contributed by atoms with van der Waals surface area (Å²) < 4.78 is 33.0. The molecule has 0 saturated heterocycles. The zero-order valence-corrected chi connectivity index (χ0v) is 14.4. The smallest absolute Gasteiger partial charge is 0.229 e. The van der Waals surface area contributed by atoms with E-state index in [-0.39, 0.29) is 11.8 Å². The van der Waals surface area contributed by atoms with Gasteiger partial charge in [-0.2, -0.15) is 5.26 Å². The van der Waals surface area contributed by atoms with Gasteiger partial charge in [-0.3, -0.25) is 4.72 Å². The van der Waals surface area contributed by atoms with Crippen molar-refractivity contribution in [2.75, 3.05) is 11.0 Å². The summed E-state index contributed by atoms with van der Waals surface area (Å²) in [5.41, 5.74) is 2.27. The Hall–Kier alpha value is -2.72. The molecule has 7 heteroatoms. The number of hydrogen-bond donors (Lipinski definition) is 1. The zero-order chi connectivity index (χ0) is 17.5. The number of benzene rings is 1. The van der Waals surface area contributed by atoms with Crippen molar-refractivity contribution in [3.63, 3.8) is 0 Å². The van der Waals surface area contributed by atoms with Gasteiger partial charge in [-0.15, -0.1) is 0 Å². The van der Waals surface area contributed by atoms with Crippen LogP contribution in [0, 0.1) is 11.3 Å². The van der Waals surface area contributed by atoms with Crippen molar-refractivity contribution >= 4 is 26.6 Å². The van der Waals surface area contributed by atoms with E-state index in [9.17, 15) is 8.42 Å². The fraction of sp³-hybridized carbons (Fsp3) is 0.235. The lowest BCUT2D eigenvalue weighted by Gasteiger charge is -2.10. The van der Waals surface area contributed by atoms with Crippen LogP contribution in [0.25, 0.3) is 22.2 Å². The summed E-state index contributed by atoms with van der Waals surface area (Å²) in [5, 5.41) is 9.87. The monoisotopic (exact) mass is 343 g/mol. The minimum atomic E-state index is -3.34. The van der Waals surface area contributed by atoms with E-state index in [1.807, 2.05) is 36.7 Å². The zero-order valence-electron chi connectivity index (χ0n) is 13.6. The molecule has 0 bridgehead atoms. The average molecular weight is 343 g/mol. The molecule has 3 rings (SSSR count). The van der Waals surface area contributed by atoms with Gasteiger partial charge in [0.2, 0.25) is 15.8 Å². The van der Waals surface area contributed by atoms with Crippen LogP contribution >= 0.6 is 0 Å². The van der Waals surface area contributed by atoms with Gasteiger partial charge in [-0.1, -0.05) is 6.07 Å². The molecule has 2 heterocycles. The lowest BCUT2D eigenvalue weighted by atomic mass is 10.1. The SMILES string of the molecule is CC(C)n1cc(-c2ccc(C#N)o2)c2ccc(NS(C)(=O)=O)cc21. The number of sulfonamides is 1. The van der Waals surface area contributed by atoms with Gasteiger partial charge in [0, 0.05) is 23.2 Å². The van der Waals surface area contributed by atoms with Gasteiger partial charge < -0.3 is 8.98 Å². The first kappa shape index (κ1) is 16.1. The lowest BCUT2D eigenvalue weighted by molar-refractivity contribution is 0.566. The van der Waals surface area contributed by atoms with E-state index in [2.05, 4.69) is 4.72 Å². The predicted octanol–water partition coefficient (Wildman–Crippen LogP) is 3.73. The second kappa shape index (κ2) is 5.73. The van der Waals surface area contributed by atoms with Crippen molar-refractivity contribution in [3.8, 4) is 17.4 Å². The Labute approximate surface area is 140 Å². The maximum Gasteiger partial charge on any atom is 0.229 e. The standard InChI is InChI=1S/C17H17N3O3S/c1-11(2)20-10-15(17-7-5-13(9-18)23-17)14-6-4-12(8-16(14)20)19-24(3,21)22/h4-8,10-11,19H,1-3H3. The molecular formula is C17H17N3O3S. The van der Waals surface area contributed by atoms with Gasteiger partial charge in [-0.05, 0) is 38.1 Å². The molecular weight excluding hydrogens is 326 g/mol. The molecule has 0 radical (unpaired) electrons. The van der Waals surface area contributed by atoms with Crippen LogP contribution < -0.4 is 4.72 Å². The van der Waals surface area contributed by atoms with E-state index in [0.717, 1.165) is 22.7 Å². The van der Waals surface area contributed by atoms with E-state index >= 15 is 0 Å². The first-order chi connectivity index (χ1) is 11.3. The summed E-state index contributed by atoms with van der Waals surface area (Å²) in [4.78, 5) is 0. The third-order valence-electron chi connectivity index (χ3n) is 3.68. The van der Waals surface area contributed by atoms with E-state index in [1.165, 1.54) is 0 Å². The van der Waals surface area contributed by atoms with Crippen LogP contribution in [0.2, 0.25) is 0 Å². The summed E-state index contributed by atoms with van der Waals surface area (Å²) in [5.74, 6) is 0.866. The van der Waals surface area contributed by atoms with Crippen LogP contribution in [0.4, 0.5) is 5.69 Å². The fourth-order valence-electron chi connectivity index (χ4n) is 2.70. The summed E-state index contributed by atoms with van der Waals surface area (Å²) in [6.07, 6.45) is 3.08.